The Morgan fingerprint density at radius 2 is 1.75 bits per heavy atom. The van der Waals surface area contributed by atoms with Gasteiger partial charge in [-0.15, -0.1) is 0 Å². The van der Waals surface area contributed by atoms with Crippen molar-refractivity contribution in [3.8, 4) is 5.75 Å². The first kappa shape index (κ1) is 26.0. The molecule has 0 radical (unpaired) electrons. The van der Waals surface area contributed by atoms with E-state index in [2.05, 4.69) is 15.1 Å². The summed E-state index contributed by atoms with van der Waals surface area (Å²) >= 11 is 0. The lowest BCUT2D eigenvalue weighted by atomic mass is 9.94. The van der Waals surface area contributed by atoms with Crippen molar-refractivity contribution in [3.05, 3.63) is 53.6 Å². The van der Waals surface area contributed by atoms with Crippen molar-refractivity contribution in [2.75, 3.05) is 39.3 Å². The fourth-order valence-electron chi connectivity index (χ4n) is 5.09. The van der Waals surface area contributed by atoms with Crippen LogP contribution in [0.4, 0.5) is 4.39 Å². The van der Waals surface area contributed by atoms with Crippen LogP contribution in [-0.4, -0.2) is 82.1 Å². The molecule has 0 atom stereocenters. The van der Waals surface area contributed by atoms with Gasteiger partial charge in [-0.05, 0) is 69.6 Å². The standard InChI is InChI=1S/C27H36FN5O3/c1-3-32(4-2)27(35)24-17-22(28)5-6-25(24)36-23-10-15-33(16-11-23)26(34)21-8-13-31(14-9-21)19-20-7-12-29-30-18-20/h5-7,12,17-18,21,23H,3-4,8-11,13-16,19H2,1-2H3. The first-order valence-corrected chi connectivity index (χ1v) is 13.0. The van der Waals surface area contributed by atoms with Crippen LogP contribution in [0.1, 0.15) is 55.5 Å². The Bertz CT molecular complexity index is 1020. The quantitative estimate of drug-likeness (QED) is 0.557. The van der Waals surface area contributed by atoms with Gasteiger partial charge in [0.2, 0.25) is 5.91 Å². The number of carbonyl (C=O) groups is 2. The van der Waals surface area contributed by atoms with Crippen LogP contribution in [0.25, 0.3) is 0 Å². The molecule has 2 aromatic rings. The molecule has 2 aliphatic heterocycles. The molecule has 194 valence electrons. The molecule has 8 nitrogen and oxygen atoms in total. The van der Waals surface area contributed by atoms with Crippen molar-refractivity contribution in [1.82, 2.24) is 24.9 Å². The molecule has 36 heavy (non-hydrogen) atoms. The van der Waals surface area contributed by atoms with Crippen molar-refractivity contribution < 1.29 is 18.7 Å². The number of hydrogen-bond acceptors (Lipinski definition) is 6. The minimum Gasteiger partial charge on any atom is -0.489 e. The first-order valence-electron chi connectivity index (χ1n) is 13.0. The Balaban J connectivity index is 1.27. The Hall–Kier alpha value is -3.07. The maximum atomic E-state index is 13.9. The molecule has 2 aliphatic rings. The lowest BCUT2D eigenvalue weighted by Gasteiger charge is -2.37. The Morgan fingerprint density at radius 3 is 2.39 bits per heavy atom. The fraction of sp³-hybridized carbons (Fsp3) is 0.556. The van der Waals surface area contributed by atoms with Gasteiger partial charge < -0.3 is 14.5 Å². The first-order chi connectivity index (χ1) is 17.5. The summed E-state index contributed by atoms with van der Waals surface area (Å²) in [6.07, 6.45) is 6.49. The number of nitrogens with zero attached hydrogens (tertiary/aromatic N) is 5. The minimum absolute atomic E-state index is 0.0599. The average molecular weight is 498 g/mol. The molecule has 9 heteroatoms. The second-order valence-corrected chi connectivity index (χ2v) is 9.56. The van der Waals surface area contributed by atoms with Crippen LogP contribution in [0.5, 0.6) is 5.75 Å². The summed E-state index contributed by atoms with van der Waals surface area (Å²) < 4.78 is 20.1. The number of halogens is 1. The molecule has 3 heterocycles. The summed E-state index contributed by atoms with van der Waals surface area (Å²) in [6.45, 7) is 8.78. The maximum absolute atomic E-state index is 13.9. The van der Waals surface area contributed by atoms with Gasteiger partial charge >= 0.3 is 0 Å². The highest BCUT2D eigenvalue weighted by Gasteiger charge is 2.32. The molecule has 0 saturated carbocycles. The van der Waals surface area contributed by atoms with E-state index in [-0.39, 0.29) is 29.4 Å². The predicted octanol–water partition coefficient (Wildman–Crippen LogP) is 3.38. The molecular formula is C27H36FN5O3. The highest BCUT2D eigenvalue weighted by Crippen LogP contribution is 2.27. The topological polar surface area (TPSA) is 78.9 Å². The van der Waals surface area contributed by atoms with Crippen LogP contribution >= 0.6 is 0 Å². The molecule has 0 spiro atoms. The number of hydrogen-bond donors (Lipinski definition) is 0. The van der Waals surface area contributed by atoms with Crippen LogP contribution in [0.15, 0.2) is 36.7 Å². The van der Waals surface area contributed by atoms with Crippen LogP contribution in [-0.2, 0) is 11.3 Å². The number of rotatable bonds is 8. The van der Waals surface area contributed by atoms with E-state index >= 15 is 0 Å². The zero-order valence-electron chi connectivity index (χ0n) is 21.2. The molecule has 0 aliphatic carbocycles. The Kier molecular flexibility index (Phi) is 8.85. The lowest BCUT2D eigenvalue weighted by molar-refractivity contribution is -0.139. The van der Waals surface area contributed by atoms with E-state index in [9.17, 15) is 14.0 Å². The van der Waals surface area contributed by atoms with Crippen LogP contribution in [0.3, 0.4) is 0 Å². The summed E-state index contributed by atoms with van der Waals surface area (Å²) in [5.74, 6) is 0.0211. The number of aromatic nitrogens is 2. The van der Waals surface area contributed by atoms with E-state index in [0.717, 1.165) is 38.0 Å². The van der Waals surface area contributed by atoms with Crippen molar-refractivity contribution in [1.29, 1.82) is 0 Å². The molecular weight excluding hydrogens is 461 g/mol. The molecule has 0 bridgehead atoms. The number of carbonyl (C=O) groups excluding carboxylic acids is 2. The van der Waals surface area contributed by atoms with E-state index in [4.69, 9.17) is 4.74 Å². The smallest absolute Gasteiger partial charge is 0.257 e. The van der Waals surface area contributed by atoms with Crippen molar-refractivity contribution in [2.24, 2.45) is 5.92 Å². The van der Waals surface area contributed by atoms with Crippen LogP contribution < -0.4 is 4.74 Å². The van der Waals surface area contributed by atoms with Gasteiger partial charge in [-0.25, -0.2) is 4.39 Å². The number of likely N-dealkylation sites (tertiary alicyclic amines) is 2. The number of amides is 2. The van der Waals surface area contributed by atoms with E-state index in [1.54, 1.807) is 23.4 Å². The summed E-state index contributed by atoms with van der Waals surface area (Å²) in [5, 5.41) is 7.76. The van der Waals surface area contributed by atoms with Gasteiger partial charge in [0.1, 0.15) is 17.7 Å². The average Bonchev–Trinajstić information content (AvgIpc) is 2.91. The van der Waals surface area contributed by atoms with Crippen molar-refractivity contribution in [3.63, 3.8) is 0 Å². The van der Waals surface area contributed by atoms with E-state index in [1.807, 2.05) is 24.8 Å². The van der Waals surface area contributed by atoms with Gasteiger partial charge in [0.25, 0.3) is 5.91 Å². The summed E-state index contributed by atoms with van der Waals surface area (Å²) in [7, 11) is 0. The summed E-state index contributed by atoms with van der Waals surface area (Å²) in [4.78, 5) is 32.0. The third-order valence-corrected chi connectivity index (χ3v) is 7.26. The van der Waals surface area contributed by atoms with E-state index in [0.29, 0.717) is 44.8 Å². The molecule has 0 N–H and O–H groups in total. The predicted molar refractivity (Wildman–Crippen MR) is 134 cm³/mol. The van der Waals surface area contributed by atoms with E-state index < -0.39 is 5.82 Å². The second-order valence-electron chi connectivity index (χ2n) is 9.56. The summed E-state index contributed by atoms with van der Waals surface area (Å²) in [5.41, 5.74) is 1.39. The van der Waals surface area contributed by atoms with Gasteiger partial charge in [0.15, 0.2) is 0 Å². The Morgan fingerprint density at radius 1 is 1.03 bits per heavy atom. The van der Waals surface area contributed by atoms with Crippen molar-refractivity contribution >= 4 is 11.8 Å². The SMILES string of the molecule is CCN(CC)C(=O)c1cc(F)ccc1OC1CCN(C(=O)C2CCN(Cc3ccnnc3)CC2)CC1. The molecule has 0 unspecified atom stereocenters. The number of benzene rings is 1. The van der Waals surface area contributed by atoms with Crippen molar-refractivity contribution in [2.45, 2.75) is 52.2 Å². The monoisotopic (exact) mass is 497 g/mol. The second kappa shape index (κ2) is 12.3. The van der Waals surface area contributed by atoms with Gasteiger partial charge in [-0.2, -0.15) is 10.2 Å². The third-order valence-electron chi connectivity index (χ3n) is 7.26. The zero-order chi connectivity index (χ0) is 25.5. The normalized spacial score (nSPS) is 17.7. The largest absolute Gasteiger partial charge is 0.489 e. The minimum atomic E-state index is -0.457. The summed E-state index contributed by atoms with van der Waals surface area (Å²) in [6, 6.07) is 6.10. The van der Waals surface area contributed by atoms with Crippen LogP contribution in [0, 0.1) is 11.7 Å². The molecule has 1 aromatic heterocycles. The highest BCUT2D eigenvalue weighted by atomic mass is 19.1. The molecule has 2 amide bonds. The van der Waals surface area contributed by atoms with E-state index in [1.165, 1.54) is 12.1 Å². The fourth-order valence-corrected chi connectivity index (χ4v) is 5.09. The van der Waals surface area contributed by atoms with Crippen LogP contribution in [0.2, 0.25) is 0 Å². The van der Waals surface area contributed by atoms with Gasteiger partial charge in [0.05, 0.1) is 11.8 Å². The molecule has 4 rings (SSSR count). The lowest BCUT2D eigenvalue weighted by Crippen LogP contribution is -2.47. The highest BCUT2D eigenvalue weighted by molar-refractivity contribution is 5.97. The molecule has 2 fully saturated rings. The molecule has 2 saturated heterocycles. The van der Waals surface area contributed by atoms with Gasteiger partial charge in [0, 0.05) is 57.7 Å². The zero-order valence-corrected chi connectivity index (χ0v) is 21.2. The van der Waals surface area contributed by atoms with Gasteiger partial charge in [-0.3, -0.25) is 14.5 Å². The maximum Gasteiger partial charge on any atom is 0.257 e. The number of ether oxygens (including phenoxy) is 1. The number of piperidine rings is 2. The molecule has 1 aromatic carbocycles. The Labute approximate surface area is 212 Å². The third kappa shape index (κ3) is 6.37. The van der Waals surface area contributed by atoms with Gasteiger partial charge in [-0.1, -0.05) is 0 Å².